The van der Waals surface area contributed by atoms with Crippen LogP contribution in [-0.4, -0.2) is 78.9 Å². The Morgan fingerprint density at radius 3 is 2.67 bits per heavy atom. The minimum absolute atomic E-state index is 0.0556. The van der Waals surface area contributed by atoms with Crippen LogP contribution in [0.4, 0.5) is 4.39 Å². The summed E-state index contributed by atoms with van der Waals surface area (Å²) in [5, 5.41) is 7.59. The fraction of sp³-hybridized carbons (Fsp3) is 0.310. The second kappa shape index (κ2) is 12.5. The van der Waals surface area contributed by atoms with Crippen molar-refractivity contribution in [3.05, 3.63) is 88.4 Å². The largest absolute Gasteiger partial charge is 0.482 e. The number of hydrogen-bond donors (Lipinski definition) is 2. The van der Waals surface area contributed by atoms with Crippen LogP contribution >= 0.6 is 0 Å². The molecule has 0 radical (unpaired) electrons. The summed E-state index contributed by atoms with van der Waals surface area (Å²) < 4.78 is 47.3. The topological polar surface area (TPSA) is 149 Å². The minimum atomic E-state index is -3.97. The van der Waals surface area contributed by atoms with Gasteiger partial charge in [-0.2, -0.15) is 9.98 Å². The highest BCUT2D eigenvalue weighted by molar-refractivity contribution is 7.93. The SMILES string of the molecule is C=CC(=O)N1CCN(C[C@@H](Oc2cnc(C(=O)NC3=[N+]=C=C(S(N)(=O)=O)C=C3)c(C)c2)c2c#cc(C)c(F)c2)C[C@H]1C. The van der Waals surface area contributed by atoms with Gasteiger partial charge in [-0.25, -0.2) is 27.7 Å². The summed E-state index contributed by atoms with van der Waals surface area (Å²) in [5.74, 6) is 1.54. The molecule has 1 aromatic heterocycles. The molecule has 2 atom stereocenters. The number of pyridine rings is 1. The lowest BCUT2D eigenvalue weighted by atomic mass is 10.1. The number of aryl methyl sites for hydroxylation is 1. The van der Waals surface area contributed by atoms with Gasteiger partial charge in [0.25, 0.3) is 0 Å². The van der Waals surface area contributed by atoms with Gasteiger partial charge in [-0.1, -0.05) is 18.7 Å². The number of nitrogens with one attached hydrogen (secondary N) is 1. The monoisotopic (exact) mass is 593 g/mol. The number of nitrogens with zero attached hydrogens (tertiary/aromatic N) is 4. The van der Waals surface area contributed by atoms with Gasteiger partial charge in [0.1, 0.15) is 17.7 Å². The van der Waals surface area contributed by atoms with Crippen LogP contribution in [0.15, 0.2) is 48.0 Å². The smallest absolute Gasteiger partial charge is 0.386 e. The summed E-state index contributed by atoms with van der Waals surface area (Å²) >= 11 is 0. The number of carbonyl (C=O) groups excluding carboxylic acids is 2. The molecule has 2 amide bonds. The van der Waals surface area contributed by atoms with Crippen LogP contribution in [0.5, 0.6) is 5.75 Å². The molecule has 4 rings (SSSR count). The van der Waals surface area contributed by atoms with Crippen molar-refractivity contribution in [2.24, 2.45) is 5.14 Å². The number of ether oxygens (including phenoxy) is 1. The number of primary sulfonamides is 1. The van der Waals surface area contributed by atoms with E-state index < -0.39 is 27.9 Å². The maximum Gasteiger partial charge on any atom is 0.386 e. The van der Waals surface area contributed by atoms with E-state index in [-0.39, 0.29) is 28.4 Å². The van der Waals surface area contributed by atoms with Crippen molar-refractivity contribution >= 4 is 33.5 Å². The second-order valence-corrected chi connectivity index (χ2v) is 11.4. The maximum absolute atomic E-state index is 14.5. The van der Waals surface area contributed by atoms with Gasteiger partial charge in [-0.15, -0.1) is 0 Å². The maximum atomic E-state index is 14.5. The van der Waals surface area contributed by atoms with E-state index in [1.807, 2.05) is 6.92 Å². The summed E-state index contributed by atoms with van der Waals surface area (Å²) in [4.78, 5) is 32.8. The molecule has 1 saturated heterocycles. The molecular weight excluding hydrogens is 563 g/mol. The molecular formula is C29H30FN6O5S+. The first-order valence-electron chi connectivity index (χ1n) is 13.0. The summed E-state index contributed by atoms with van der Waals surface area (Å²) in [6, 6.07) is 8.73. The zero-order chi connectivity index (χ0) is 30.6. The van der Waals surface area contributed by atoms with E-state index in [1.54, 1.807) is 24.8 Å². The summed E-state index contributed by atoms with van der Waals surface area (Å²) in [6.45, 7) is 10.9. The zero-order valence-electron chi connectivity index (χ0n) is 23.3. The lowest BCUT2D eigenvalue weighted by Crippen LogP contribution is -2.54. The van der Waals surface area contributed by atoms with E-state index in [4.69, 9.17) is 9.88 Å². The number of piperazine rings is 1. The number of allylic oxidation sites excluding steroid dienone is 1. The summed E-state index contributed by atoms with van der Waals surface area (Å²) in [7, 11) is -3.97. The highest BCUT2D eigenvalue weighted by Crippen LogP contribution is 2.25. The molecule has 2 aromatic rings. The average Bonchev–Trinajstić information content (AvgIpc) is 2.93. The van der Waals surface area contributed by atoms with Crippen molar-refractivity contribution in [2.75, 3.05) is 26.2 Å². The number of sulfonamides is 1. The average molecular weight is 594 g/mol. The Balaban J connectivity index is 1.52. The third-order valence-corrected chi connectivity index (χ3v) is 7.59. The van der Waals surface area contributed by atoms with E-state index in [2.05, 4.69) is 44.5 Å². The number of amides is 2. The molecule has 1 aromatic carbocycles. The Morgan fingerprint density at radius 2 is 2.07 bits per heavy atom. The Hall–Kier alpha value is -4.56. The Labute approximate surface area is 243 Å². The van der Waals surface area contributed by atoms with Crippen molar-refractivity contribution in [1.29, 1.82) is 0 Å². The Bertz CT molecular complexity index is 1670. The van der Waals surface area contributed by atoms with Gasteiger partial charge < -0.3 is 9.64 Å². The molecule has 2 aliphatic heterocycles. The number of aromatic nitrogens is 1. The summed E-state index contributed by atoms with van der Waals surface area (Å²) in [5.41, 5.74) is 1.38. The van der Waals surface area contributed by atoms with E-state index >= 15 is 0 Å². The normalized spacial score (nSPS) is 17.5. The van der Waals surface area contributed by atoms with Gasteiger partial charge in [-0.3, -0.25) is 9.69 Å². The van der Waals surface area contributed by atoms with E-state index in [0.717, 1.165) is 0 Å². The number of halogens is 1. The predicted octanol–water partition coefficient (Wildman–Crippen LogP) is 0.884. The van der Waals surface area contributed by atoms with Crippen LogP contribution in [-0.2, 0) is 14.8 Å². The molecule has 3 heterocycles. The van der Waals surface area contributed by atoms with Gasteiger partial charge in [0.2, 0.25) is 21.8 Å². The number of hydrogen-bond acceptors (Lipinski definition) is 7. The lowest BCUT2D eigenvalue weighted by molar-refractivity contribution is -0.130. The van der Waals surface area contributed by atoms with Gasteiger partial charge in [-0.05, 0) is 50.6 Å². The molecule has 0 spiro atoms. The first-order valence-corrected chi connectivity index (χ1v) is 14.5. The quantitative estimate of drug-likeness (QED) is 0.341. The Kier molecular flexibility index (Phi) is 9.07. The van der Waals surface area contributed by atoms with Gasteiger partial charge >= 0.3 is 11.7 Å². The first-order chi connectivity index (χ1) is 19.8. The third kappa shape index (κ3) is 7.19. The van der Waals surface area contributed by atoms with Crippen molar-refractivity contribution in [1.82, 2.24) is 24.8 Å². The molecule has 0 unspecified atom stereocenters. The van der Waals surface area contributed by atoms with Crippen LogP contribution in [0.1, 0.15) is 40.2 Å². The molecule has 0 aliphatic carbocycles. The van der Waals surface area contributed by atoms with Crippen molar-refractivity contribution in [3.8, 4) is 5.75 Å². The third-order valence-electron chi connectivity index (χ3n) is 6.75. The van der Waals surface area contributed by atoms with Crippen LogP contribution in [0.25, 0.3) is 0 Å². The van der Waals surface area contributed by atoms with Crippen molar-refractivity contribution in [2.45, 2.75) is 32.9 Å². The number of carbonyl (C=O) groups is 2. The number of rotatable bonds is 8. The molecule has 13 heteroatoms. The van der Waals surface area contributed by atoms with Crippen molar-refractivity contribution in [3.63, 3.8) is 0 Å². The fourth-order valence-corrected chi connectivity index (χ4v) is 4.95. The minimum Gasteiger partial charge on any atom is -0.482 e. The molecule has 2 aliphatic rings. The Morgan fingerprint density at radius 1 is 1.31 bits per heavy atom. The van der Waals surface area contributed by atoms with Gasteiger partial charge in [0.15, 0.2) is 10.6 Å². The summed E-state index contributed by atoms with van der Waals surface area (Å²) in [6.07, 6.45) is 4.50. The van der Waals surface area contributed by atoms with E-state index in [0.29, 0.717) is 48.6 Å². The highest BCUT2D eigenvalue weighted by atomic mass is 32.2. The second-order valence-electron chi connectivity index (χ2n) is 9.92. The zero-order valence-corrected chi connectivity index (χ0v) is 24.2. The fourth-order valence-electron chi connectivity index (χ4n) is 4.52. The van der Waals surface area contributed by atoms with Crippen LogP contribution in [0.2, 0.25) is 0 Å². The molecule has 3 N–H and O–H groups in total. The first kappa shape index (κ1) is 30.4. The van der Waals surface area contributed by atoms with Crippen LogP contribution in [0, 0.1) is 31.8 Å². The van der Waals surface area contributed by atoms with Crippen LogP contribution < -0.4 is 19.9 Å². The van der Waals surface area contributed by atoms with Crippen LogP contribution in [0.3, 0.4) is 0 Å². The van der Waals surface area contributed by atoms with Gasteiger partial charge in [0, 0.05) is 49.4 Å². The number of nitrogens with two attached hydrogens (primary N) is 1. The number of amidine groups is 1. The molecule has 218 valence electrons. The predicted molar refractivity (Wildman–Crippen MR) is 154 cm³/mol. The molecule has 0 bridgehead atoms. The van der Waals surface area contributed by atoms with E-state index in [1.165, 1.54) is 30.5 Å². The van der Waals surface area contributed by atoms with E-state index in [9.17, 15) is 22.4 Å². The molecule has 1 fully saturated rings. The molecule has 42 heavy (non-hydrogen) atoms. The highest BCUT2D eigenvalue weighted by Gasteiger charge is 2.29. The van der Waals surface area contributed by atoms with Crippen molar-refractivity contribution < 1.29 is 27.1 Å². The lowest BCUT2D eigenvalue weighted by Gasteiger charge is -2.40. The standard InChI is InChI=1S/C29H29FN6O5S/c1-5-27(37)36-11-10-35(16-20(36)4)17-25(21-7-6-18(2)24(30)13-21)41-22-12-19(3)28(33-14-22)29(38)34-26-9-8-23(15-32-26)42(31,39)40/h5,8-9,12-14,20,25H,1,10-11,16-17H2,2-4H3,(H2,31,39,40)/p+1/t20-,25-/m1/s1. The molecule has 0 saturated carbocycles. The van der Waals surface area contributed by atoms with Gasteiger partial charge in [0.05, 0.1) is 6.20 Å². The molecule has 11 nitrogen and oxygen atoms in total.